The lowest BCUT2D eigenvalue weighted by atomic mass is 10.1. The van der Waals surface area contributed by atoms with Gasteiger partial charge in [-0.05, 0) is 30.7 Å². The highest BCUT2D eigenvalue weighted by Gasteiger charge is 2.18. The van der Waals surface area contributed by atoms with Crippen LogP contribution in [-0.4, -0.2) is 8.42 Å². The van der Waals surface area contributed by atoms with E-state index in [1.807, 2.05) is 31.2 Å². The number of rotatable bonds is 4. The van der Waals surface area contributed by atoms with Gasteiger partial charge in [0.25, 0.3) is 0 Å². The zero-order valence-electron chi connectivity index (χ0n) is 10.7. The molecule has 0 radical (unpaired) electrons. The number of benzene rings is 2. The predicted molar refractivity (Wildman–Crippen MR) is 81.7 cm³/mol. The maximum Gasteiger partial charge on any atom is 0.242 e. The van der Waals surface area contributed by atoms with Crippen LogP contribution in [0.2, 0.25) is 10.0 Å². The third-order valence-corrected chi connectivity index (χ3v) is 4.85. The Labute approximate surface area is 128 Å². The Bertz CT molecular complexity index is 730. The van der Waals surface area contributed by atoms with E-state index in [9.17, 15) is 8.42 Å². The van der Waals surface area contributed by atoms with Crippen LogP contribution >= 0.6 is 23.2 Å². The molecule has 0 saturated heterocycles. The summed E-state index contributed by atoms with van der Waals surface area (Å²) in [4.78, 5) is -0.0145. The van der Waals surface area contributed by atoms with Crippen LogP contribution in [-0.2, 0) is 16.6 Å². The van der Waals surface area contributed by atoms with Crippen LogP contribution in [0, 0.1) is 6.92 Å². The molecule has 0 aliphatic heterocycles. The highest BCUT2D eigenvalue weighted by molar-refractivity contribution is 7.89. The first-order chi connectivity index (χ1) is 9.38. The number of nitrogens with one attached hydrogen (secondary N) is 1. The van der Waals surface area contributed by atoms with Crippen molar-refractivity contribution in [2.75, 3.05) is 0 Å². The van der Waals surface area contributed by atoms with Crippen LogP contribution in [0.5, 0.6) is 0 Å². The van der Waals surface area contributed by atoms with Gasteiger partial charge in [0.05, 0.1) is 5.02 Å². The minimum atomic E-state index is -3.69. The van der Waals surface area contributed by atoms with Crippen molar-refractivity contribution in [1.82, 2.24) is 4.72 Å². The summed E-state index contributed by atoms with van der Waals surface area (Å²) in [6, 6.07) is 11.9. The van der Waals surface area contributed by atoms with Crippen LogP contribution in [0.15, 0.2) is 47.4 Å². The van der Waals surface area contributed by atoms with Gasteiger partial charge < -0.3 is 0 Å². The first-order valence-corrected chi connectivity index (χ1v) is 8.13. The molecule has 3 nitrogen and oxygen atoms in total. The Morgan fingerprint density at radius 3 is 2.55 bits per heavy atom. The van der Waals surface area contributed by atoms with Gasteiger partial charge in [-0.15, -0.1) is 0 Å². The fourth-order valence-corrected chi connectivity index (χ4v) is 3.54. The summed E-state index contributed by atoms with van der Waals surface area (Å²) in [6.45, 7) is 2.15. The van der Waals surface area contributed by atoms with Crippen molar-refractivity contribution in [3.63, 3.8) is 0 Å². The van der Waals surface area contributed by atoms with Gasteiger partial charge >= 0.3 is 0 Å². The average Bonchev–Trinajstić information content (AvgIpc) is 2.39. The first kappa shape index (κ1) is 15.3. The molecule has 2 rings (SSSR count). The molecule has 20 heavy (non-hydrogen) atoms. The number of aryl methyl sites for hydroxylation is 1. The molecule has 106 valence electrons. The van der Waals surface area contributed by atoms with E-state index >= 15 is 0 Å². The molecule has 0 unspecified atom stereocenters. The van der Waals surface area contributed by atoms with Crippen LogP contribution in [0.25, 0.3) is 0 Å². The Morgan fingerprint density at radius 2 is 1.85 bits per heavy atom. The van der Waals surface area contributed by atoms with Crippen molar-refractivity contribution in [2.24, 2.45) is 0 Å². The Kier molecular flexibility index (Phi) is 4.70. The largest absolute Gasteiger partial charge is 0.242 e. The van der Waals surface area contributed by atoms with Crippen molar-refractivity contribution >= 4 is 33.2 Å². The van der Waals surface area contributed by atoms with Crippen LogP contribution in [0.3, 0.4) is 0 Å². The minimum Gasteiger partial charge on any atom is -0.207 e. The number of hydrogen-bond acceptors (Lipinski definition) is 2. The van der Waals surface area contributed by atoms with E-state index in [1.165, 1.54) is 12.1 Å². The summed E-state index contributed by atoms with van der Waals surface area (Å²) in [6.07, 6.45) is 0. The second-order valence-electron chi connectivity index (χ2n) is 4.39. The molecule has 2 aromatic carbocycles. The molecule has 6 heteroatoms. The third kappa shape index (κ3) is 3.73. The van der Waals surface area contributed by atoms with Crippen molar-refractivity contribution in [2.45, 2.75) is 18.4 Å². The normalized spacial score (nSPS) is 11.6. The van der Waals surface area contributed by atoms with Crippen LogP contribution in [0.4, 0.5) is 0 Å². The second-order valence-corrected chi connectivity index (χ2v) is 6.97. The molecule has 0 aromatic heterocycles. The highest BCUT2D eigenvalue weighted by atomic mass is 35.5. The topological polar surface area (TPSA) is 46.2 Å². The van der Waals surface area contributed by atoms with Gasteiger partial charge in [0, 0.05) is 11.6 Å². The molecule has 0 heterocycles. The van der Waals surface area contributed by atoms with Crippen molar-refractivity contribution < 1.29 is 8.42 Å². The lowest BCUT2D eigenvalue weighted by Crippen LogP contribution is -2.23. The van der Waals surface area contributed by atoms with Crippen molar-refractivity contribution in [3.05, 3.63) is 63.6 Å². The quantitative estimate of drug-likeness (QED) is 0.927. The summed E-state index contributed by atoms with van der Waals surface area (Å²) in [7, 11) is -3.69. The zero-order valence-corrected chi connectivity index (χ0v) is 13.1. The van der Waals surface area contributed by atoms with Crippen LogP contribution < -0.4 is 4.72 Å². The van der Waals surface area contributed by atoms with Gasteiger partial charge in [-0.25, -0.2) is 13.1 Å². The molecular formula is C14H13Cl2NO2S. The number of halogens is 2. The van der Waals surface area contributed by atoms with Crippen LogP contribution in [0.1, 0.15) is 11.1 Å². The lowest BCUT2D eigenvalue weighted by Gasteiger charge is -2.09. The fourth-order valence-electron chi connectivity index (χ4n) is 1.76. The molecule has 0 spiro atoms. The molecule has 0 amide bonds. The average molecular weight is 330 g/mol. The molecule has 0 saturated carbocycles. The Hall–Kier alpha value is -1.07. The van der Waals surface area contributed by atoms with E-state index in [0.717, 1.165) is 11.1 Å². The van der Waals surface area contributed by atoms with E-state index in [4.69, 9.17) is 23.2 Å². The summed E-state index contributed by atoms with van der Waals surface area (Å²) in [5.74, 6) is 0. The number of hydrogen-bond donors (Lipinski definition) is 1. The molecule has 0 bridgehead atoms. The smallest absolute Gasteiger partial charge is 0.207 e. The maximum atomic E-state index is 12.2. The summed E-state index contributed by atoms with van der Waals surface area (Å²) < 4.78 is 26.9. The highest BCUT2D eigenvalue weighted by Crippen LogP contribution is 2.24. The lowest BCUT2D eigenvalue weighted by molar-refractivity contribution is 0.581. The molecular weight excluding hydrogens is 317 g/mol. The molecule has 0 fully saturated rings. The molecule has 2 aromatic rings. The van der Waals surface area contributed by atoms with Gasteiger partial charge in [0.1, 0.15) is 4.90 Å². The van der Waals surface area contributed by atoms with E-state index in [1.54, 1.807) is 6.07 Å². The van der Waals surface area contributed by atoms with Gasteiger partial charge in [0.15, 0.2) is 0 Å². The summed E-state index contributed by atoms with van der Waals surface area (Å²) in [5, 5.41) is 0.469. The van der Waals surface area contributed by atoms with Gasteiger partial charge in [-0.3, -0.25) is 0 Å². The van der Waals surface area contributed by atoms with Gasteiger partial charge in [-0.2, -0.15) is 0 Å². The fraction of sp³-hybridized carbons (Fsp3) is 0.143. The van der Waals surface area contributed by atoms with Gasteiger partial charge in [-0.1, -0.05) is 53.0 Å². The third-order valence-electron chi connectivity index (χ3n) is 2.73. The van der Waals surface area contributed by atoms with E-state index in [2.05, 4.69) is 4.72 Å². The molecule has 1 N–H and O–H groups in total. The SMILES string of the molecule is Cc1cccc(CNS(=O)(=O)c2cc(Cl)ccc2Cl)c1. The number of sulfonamides is 1. The van der Waals surface area contributed by atoms with E-state index in [0.29, 0.717) is 5.02 Å². The Balaban J connectivity index is 2.21. The second kappa shape index (κ2) is 6.14. The monoisotopic (exact) mass is 329 g/mol. The van der Waals surface area contributed by atoms with E-state index in [-0.39, 0.29) is 16.5 Å². The van der Waals surface area contributed by atoms with Crippen molar-refractivity contribution in [3.8, 4) is 0 Å². The first-order valence-electron chi connectivity index (χ1n) is 5.89. The van der Waals surface area contributed by atoms with Crippen molar-refractivity contribution in [1.29, 1.82) is 0 Å². The molecule has 0 aliphatic carbocycles. The van der Waals surface area contributed by atoms with Gasteiger partial charge in [0.2, 0.25) is 10.0 Å². The predicted octanol–water partition coefficient (Wildman–Crippen LogP) is 3.78. The molecule has 0 atom stereocenters. The summed E-state index contributed by atoms with van der Waals surface area (Å²) >= 11 is 11.7. The van der Waals surface area contributed by atoms with E-state index < -0.39 is 10.0 Å². The minimum absolute atomic E-state index is 0.0145. The maximum absolute atomic E-state index is 12.2. The Morgan fingerprint density at radius 1 is 1.10 bits per heavy atom. The summed E-state index contributed by atoms with van der Waals surface area (Å²) in [5.41, 5.74) is 1.95. The standard InChI is InChI=1S/C14H13Cl2NO2S/c1-10-3-2-4-11(7-10)9-17-20(18,19)14-8-12(15)5-6-13(14)16/h2-8,17H,9H2,1H3. The molecule has 0 aliphatic rings. The zero-order chi connectivity index (χ0) is 14.8.